The maximum absolute atomic E-state index is 13.2. The molecule has 0 saturated carbocycles. The Morgan fingerprint density at radius 2 is 1.76 bits per heavy atom. The van der Waals surface area contributed by atoms with Gasteiger partial charge in [-0.15, -0.1) is 0 Å². The number of anilines is 1. The molecule has 0 unspecified atom stereocenters. The van der Waals surface area contributed by atoms with Gasteiger partial charge in [-0.1, -0.05) is 29.8 Å². The average molecular weight is 410 g/mol. The Bertz CT molecular complexity index is 1010. The third-order valence-electron chi connectivity index (χ3n) is 4.81. The second-order valence-electron chi connectivity index (χ2n) is 6.96. The second kappa shape index (κ2) is 8.45. The van der Waals surface area contributed by atoms with Gasteiger partial charge in [0.05, 0.1) is 24.3 Å². The first-order valence-electron chi connectivity index (χ1n) is 9.15. The van der Waals surface area contributed by atoms with Gasteiger partial charge in [-0.25, -0.2) is 4.79 Å². The molecule has 1 aliphatic rings. The van der Waals surface area contributed by atoms with E-state index in [0.29, 0.717) is 21.9 Å². The number of nitrogens with one attached hydrogen (secondary N) is 3. The summed E-state index contributed by atoms with van der Waals surface area (Å²) >= 11 is 5.29. The first-order valence-corrected chi connectivity index (χ1v) is 9.56. The van der Waals surface area contributed by atoms with Crippen LogP contribution in [0.2, 0.25) is 0 Å². The van der Waals surface area contributed by atoms with E-state index < -0.39 is 12.0 Å². The number of esters is 1. The summed E-state index contributed by atoms with van der Waals surface area (Å²) in [5, 5.41) is 9.61. The Morgan fingerprint density at radius 3 is 2.38 bits per heavy atom. The van der Waals surface area contributed by atoms with Crippen LogP contribution in [0, 0.1) is 13.8 Å². The molecule has 0 fully saturated rings. The molecular formula is C22H23N3O3S. The zero-order chi connectivity index (χ0) is 21.1. The summed E-state index contributed by atoms with van der Waals surface area (Å²) in [5.41, 5.74) is 5.34. The zero-order valence-electron chi connectivity index (χ0n) is 16.8. The van der Waals surface area contributed by atoms with E-state index in [9.17, 15) is 9.59 Å². The fourth-order valence-electron chi connectivity index (χ4n) is 3.32. The first kappa shape index (κ1) is 20.5. The number of benzene rings is 2. The Morgan fingerprint density at radius 1 is 1.07 bits per heavy atom. The third-order valence-corrected chi connectivity index (χ3v) is 5.03. The van der Waals surface area contributed by atoms with Crippen molar-refractivity contribution in [1.82, 2.24) is 10.6 Å². The average Bonchev–Trinajstić information content (AvgIpc) is 2.69. The normalized spacial score (nSPS) is 16.0. The van der Waals surface area contributed by atoms with Gasteiger partial charge in [0.25, 0.3) is 5.91 Å². The summed E-state index contributed by atoms with van der Waals surface area (Å²) in [7, 11) is 1.34. The number of aryl methyl sites for hydroxylation is 2. The summed E-state index contributed by atoms with van der Waals surface area (Å²) in [5.74, 6) is -0.635. The van der Waals surface area contributed by atoms with Crippen LogP contribution >= 0.6 is 12.2 Å². The lowest BCUT2D eigenvalue weighted by atomic mass is 9.94. The van der Waals surface area contributed by atoms with Gasteiger partial charge in [0, 0.05) is 11.4 Å². The van der Waals surface area contributed by atoms with E-state index in [2.05, 4.69) is 16.0 Å². The fraction of sp³-hybridized carbons (Fsp3) is 0.227. The minimum absolute atomic E-state index is 0.223. The van der Waals surface area contributed by atoms with Gasteiger partial charge in [0.15, 0.2) is 5.11 Å². The molecule has 1 amide bonds. The van der Waals surface area contributed by atoms with E-state index in [4.69, 9.17) is 17.0 Å². The van der Waals surface area contributed by atoms with Crippen molar-refractivity contribution in [2.75, 3.05) is 12.4 Å². The molecule has 3 rings (SSSR count). The molecule has 3 N–H and O–H groups in total. The number of hydrogen-bond acceptors (Lipinski definition) is 4. The maximum atomic E-state index is 13.2. The standard InChI is InChI=1S/C22H23N3O3S/c1-12-5-10-17(13(2)11-12)24-20(26)18-14(3)23-22(29)25-19(18)15-6-8-16(9-7-15)21(27)28-4/h5-11,19H,1-4H3,(H,24,26)(H2,23,25,29)/t19-/m1/s1. The molecule has 0 radical (unpaired) electrons. The highest BCUT2D eigenvalue weighted by Gasteiger charge is 2.30. The van der Waals surface area contributed by atoms with Gasteiger partial charge in [-0.05, 0) is 62.3 Å². The van der Waals surface area contributed by atoms with E-state index >= 15 is 0 Å². The number of carbonyl (C=O) groups excluding carboxylic acids is 2. The van der Waals surface area contributed by atoms with Gasteiger partial charge in [0.1, 0.15) is 0 Å². The highest BCUT2D eigenvalue weighted by molar-refractivity contribution is 7.80. The van der Waals surface area contributed by atoms with Gasteiger partial charge in [-0.3, -0.25) is 4.79 Å². The van der Waals surface area contributed by atoms with Crippen LogP contribution in [-0.2, 0) is 9.53 Å². The molecule has 150 valence electrons. The second-order valence-corrected chi connectivity index (χ2v) is 7.36. The number of methoxy groups -OCH3 is 1. The molecule has 1 atom stereocenters. The number of amides is 1. The highest BCUT2D eigenvalue weighted by Crippen LogP contribution is 2.28. The summed E-state index contributed by atoms with van der Waals surface area (Å²) in [6.45, 7) is 5.79. The Kier molecular flexibility index (Phi) is 5.98. The lowest BCUT2D eigenvalue weighted by Gasteiger charge is -2.30. The maximum Gasteiger partial charge on any atom is 0.337 e. The highest BCUT2D eigenvalue weighted by atomic mass is 32.1. The van der Waals surface area contributed by atoms with Crippen LogP contribution in [-0.4, -0.2) is 24.1 Å². The molecule has 0 spiro atoms. The molecule has 0 bridgehead atoms. The van der Waals surface area contributed by atoms with Crippen LogP contribution < -0.4 is 16.0 Å². The van der Waals surface area contributed by atoms with Crippen molar-refractivity contribution in [1.29, 1.82) is 0 Å². The number of hydrogen-bond donors (Lipinski definition) is 3. The van der Waals surface area contributed by atoms with Crippen LogP contribution in [0.5, 0.6) is 0 Å². The Balaban J connectivity index is 1.93. The number of carbonyl (C=O) groups is 2. The molecule has 2 aromatic carbocycles. The molecule has 6 nitrogen and oxygen atoms in total. The SMILES string of the molecule is COC(=O)c1ccc([C@H]2NC(=S)NC(C)=C2C(=O)Nc2ccc(C)cc2C)cc1. The molecule has 0 saturated heterocycles. The summed E-state index contributed by atoms with van der Waals surface area (Å²) in [4.78, 5) is 24.9. The predicted octanol–water partition coefficient (Wildman–Crippen LogP) is 3.52. The quantitative estimate of drug-likeness (QED) is 0.530. The van der Waals surface area contributed by atoms with Gasteiger partial charge >= 0.3 is 5.97 Å². The van der Waals surface area contributed by atoms with Crippen molar-refractivity contribution < 1.29 is 14.3 Å². The molecule has 29 heavy (non-hydrogen) atoms. The van der Waals surface area contributed by atoms with Crippen LogP contribution in [0.1, 0.15) is 40.0 Å². The topological polar surface area (TPSA) is 79.5 Å². The molecular weight excluding hydrogens is 386 g/mol. The number of ether oxygens (including phenoxy) is 1. The summed E-state index contributed by atoms with van der Waals surface area (Å²) in [6, 6.07) is 12.3. The molecule has 1 heterocycles. The molecule has 7 heteroatoms. The summed E-state index contributed by atoms with van der Waals surface area (Å²) in [6.07, 6.45) is 0. The van der Waals surface area contributed by atoms with Crippen LogP contribution in [0.15, 0.2) is 53.7 Å². The van der Waals surface area contributed by atoms with Crippen molar-refractivity contribution >= 4 is 34.9 Å². The van der Waals surface area contributed by atoms with Gasteiger partial charge in [-0.2, -0.15) is 0 Å². The van der Waals surface area contributed by atoms with Crippen molar-refractivity contribution in [3.63, 3.8) is 0 Å². The number of rotatable bonds is 4. The largest absolute Gasteiger partial charge is 0.465 e. The lowest BCUT2D eigenvalue weighted by Crippen LogP contribution is -2.45. The zero-order valence-corrected chi connectivity index (χ0v) is 17.6. The van der Waals surface area contributed by atoms with E-state index in [1.165, 1.54) is 7.11 Å². The molecule has 2 aromatic rings. The van der Waals surface area contributed by atoms with Gasteiger partial charge in [0.2, 0.25) is 0 Å². The van der Waals surface area contributed by atoms with Gasteiger partial charge < -0.3 is 20.7 Å². The van der Waals surface area contributed by atoms with E-state index in [-0.39, 0.29) is 5.91 Å². The Hall–Kier alpha value is -3.19. The van der Waals surface area contributed by atoms with Crippen LogP contribution in [0.4, 0.5) is 5.69 Å². The lowest BCUT2D eigenvalue weighted by molar-refractivity contribution is -0.113. The number of allylic oxidation sites excluding steroid dienone is 1. The smallest absolute Gasteiger partial charge is 0.337 e. The van der Waals surface area contributed by atoms with Crippen molar-refractivity contribution in [2.24, 2.45) is 0 Å². The predicted molar refractivity (Wildman–Crippen MR) is 117 cm³/mol. The minimum Gasteiger partial charge on any atom is -0.465 e. The van der Waals surface area contributed by atoms with E-state index in [1.54, 1.807) is 24.3 Å². The third kappa shape index (κ3) is 4.46. The number of thiocarbonyl (C=S) groups is 1. The minimum atomic E-state index is -0.443. The van der Waals surface area contributed by atoms with Crippen LogP contribution in [0.3, 0.4) is 0 Å². The van der Waals surface area contributed by atoms with E-state index in [1.807, 2.05) is 39.0 Å². The molecule has 0 aliphatic carbocycles. The van der Waals surface area contributed by atoms with Crippen molar-refractivity contribution in [3.8, 4) is 0 Å². The van der Waals surface area contributed by atoms with Crippen molar-refractivity contribution in [2.45, 2.75) is 26.8 Å². The molecule has 1 aliphatic heterocycles. The monoisotopic (exact) mass is 409 g/mol. The van der Waals surface area contributed by atoms with Crippen molar-refractivity contribution in [3.05, 3.63) is 76.0 Å². The molecule has 0 aromatic heterocycles. The first-order chi connectivity index (χ1) is 13.8. The van der Waals surface area contributed by atoms with E-state index in [0.717, 1.165) is 22.4 Å². The Labute approximate surface area is 175 Å². The fourth-order valence-corrected chi connectivity index (χ4v) is 3.59. The van der Waals surface area contributed by atoms with Crippen LogP contribution in [0.25, 0.3) is 0 Å². The summed E-state index contributed by atoms with van der Waals surface area (Å²) < 4.78 is 4.74.